The normalized spacial score (nSPS) is 4.40. The van der Waals surface area contributed by atoms with E-state index < -0.39 is 0 Å². The molecule has 0 fully saturated rings. The van der Waals surface area contributed by atoms with Gasteiger partial charge in [0.2, 0.25) is 0 Å². The molecule has 0 heterocycles. The third kappa shape index (κ3) is 15.7. The van der Waals surface area contributed by atoms with Crippen molar-refractivity contribution >= 4 is 0 Å². The van der Waals surface area contributed by atoms with Crippen LogP contribution in [0.4, 0.5) is 0 Å². The Balaban J connectivity index is -0.0000000875. The first-order valence-corrected chi connectivity index (χ1v) is 1.69. The minimum Gasteiger partial charge on any atom is -0.999 e. The summed E-state index contributed by atoms with van der Waals surface area (Å²) in [6, 6.07) is 12.0. The predicted molar refractivity (Wildman–Crippen MR) is 22.2 cm³/mol. The van der Waals surface area contributed by atoms with Gasteiger partial charge in [0.25, 0.3) is 0 Å². The fourth-order valence-corrected chi connectivity index (χ4v) is 0.180. The number of hydrogen-bond donors (Lipinski definition) is 0. The summed E-state index contributed by atoms with van der Waals surface area (Å²) in [5.41, 5.74) is 11.5. The van der Waals surface area contributed by atoms with Gasteiger partial charge >= 0.3 is 37.8 Å². The quantitative estimate of drug-likeness (QED) is 0.419. The second-order valence-electron chi connectivity index (χ2n) is 0.683. The Morgan fingerprint density at radius 1 is 0.900 bits per heavy atom. The van der Waals surface area contributed by atoms with E-state index in [-0.39, 0.29) is 17.4 Å². The Labute approximate surface area is 68.7 Å². The maximum absolute atomic E-state index is 7.25. The second-order valence-corrected chi connectivity index (χ2v) is 0.683. The van der Waals surface area contributed by atoms with Gasteiger partial charge in [-0.2, -0.15) is 0 Å². The smallest absolute Gasteiger partial charge is 0.999 e. The molecule has 0 aliphatic rings. The second kappa shape index (κ2) is 24.1. The van der Waals surface area contributed by atoms with Crippen LogP contribution < -0.4 is 0 Å². The van der Waals surface area contributed by atoms with E-state index in [1.54, 1.807) is 6.07 Å². The molecule has 0 bridgehead atoms. The van der Waals surface area contributed by atoms with Crippen LogP contribution in [-0.4, -0.2) is 0 Å². The summed E-state index contributed by atoms with van der Waals surface area (Å²) < 4.78 is 14.5. The first kappa shape index (κ1) is 16.1. The monoisotopic (exact) mass is 173 g/mol. The minimum absolute atomic E-state index is 0. The van der Waals surface area contributed by atoms with Gasteiger partial charge in [0, 0.05) is 0 Å². The fraction of sp³-hybridized carbons (Fsp3) is 0. The Hall–Kier alpha value is -0.778. The Kier molecular flexibility index (Phi) is 38.7. The van der Waals surface area contributed by atoms with E-state index >= 15 is 0 Å². The van der Waals surface area contributed by atoms with Crippen molar-refractivity contribution in [2.24, 2.45) is 0 Å². The molecule has 10 heavy (non-hydrogen) atoms. The summed E-state index contributed by atoms with van der Waals surface area (Å²) in [7, 11) is 0. The molecular weight excluding hydrogens is 172 g/mol. The number of rotatable bonds is 0. The number of nitrogens with zero attached hydrogens (tertiary/aromatic N) is 2. The van der Waals surface area contributed by atoms with Crippen LogP contribution >= 0.6 is 0 Å². The van der Waals surface area contributed by atoms with Gasteiger partial charge in [-0.1, -0.05) is 0 Å². The molecule has 0 radical (unpaired) electrons. The van der Waals surface area contributed by atoms with Gasteiger partial charge in [-0.25, -0.2) is 0 Å². The summed E-state index contributed by atoms with van der Waals surface area (Å²) >= 11 is 0. The maximum Gasteiger partial charge on any atom is 4.00 e. The van der Waals surface area contributed by atoms with E-state index in [1.807, 2.05) is 0 Å². The van der Waals surface area contributed by atoms with Crippen molar-refractivity contribution in [1.82, 2.24) is 0 Å². The standard InChI is InChI=1S/C5H.Cr.2NO/c1-2-4-5-3-1;;2*1-2/h1H;;;/q-5;+4;2*+1. The van der Waals surface area contributed by atoms with E-state index in [9.17, 15) is 0 Å². The van der Waals surface area contributed by atoms with Crippen LogP contribution in [0, 0.1) is 35.2 Å². The Bertz CT molecular complexity index is 124. The van der Waals surface area contributed by atoms with Crippen molar-refractivity contribution < 1.29 is 26.9 Å². The van der Waals surface area contributed by atoms with Gasteiger partial charge in [0.15, 0.2) is 0 Å². The van der Waals surface area contributed by atoms with E-state index in [2.05, 4.69) is 24.3 Å². The Morgan fingerprint density at radius 3 is 1.30 bits per heavy atom. The summed E-state index contributed by atoms with van der Waals surface area (Å²) in [4.78, 5) is 0. The molecule has 1 rings (SSSR count). The molecule has 5 heteroatoms. The zero-order chi connectivity index (χ0) is 7.54. The molecule has 48 valence electrons. The molecule has 4 nitrogen and oxygen atoms in total. The van der Waals surface area contributed by atoms with Gasteiger partial charge in [0.05, 0.1) is 0 Å². The van der Waals surface area contributed by atoms with Crippen LogP contribution in [-0.2, 0) is 26.9 Å². The zero-order valence-electron chi connectivity index (χ0n) is 4.70. The first-order chi connectivity index (χ1) is 4.50. The van der Waals surface area contributed by atoms with Gasteiger partial charge in [-0.3, -0.25) is 0 Å². The van der Waals surface area contributed by atoms with Crippen LogP contribution in [0.15, 0.2) is 6.07 Å². The summed E-state index contributed by atoms with van der Waals surface area (Å²) in [6.45, 7) is 0. The predicted octanol–water partition coefficient (Wildman–Crippen LogP) is 0.396. The van der Waals surface area contributed by atoms with Crippen LogP contribution in [0.2, 0.25) is 0 Å². The van der Waals surface area contributed by atoms with Crippen LogP contribution in [0.1, 0.15) is 0 Å². The van der Waals surface area contributed by atoms with E-state index in [4.69, 9.17) is 20.5 Å². The summed E-state index contributed by atoms with van der Waals surface area (Å²) in [5, 5.41) is 0. The number of hydrogen-bond acceptors (Lipinski definition) is 2. The molecule has 0 aliphatic heterocycles. The van der Waals surface area contributed by atoms with Crippen molar-refractivity contribution in [3.05, 3.63) is 30.3 Å². The largest absolute Gasteiger partial charge is 4.00 e. The van der Waals surface area contributed by atoms with Crippen LogP contribution in [0.5, 0.6) is 0 Å². The van der Waals surface area contributed by atoms with Crippen molar-refractivity contribution in [2.45, 2.75) is 0 Å². The zero-order valence-corrected chi connectivity index (χ0v) is 5.97. The Morgan fingerprint density at radius 2 is 1.20 bits per heavy atom. The molecule has 0 saturated carbocycles. The molecule has 0 N–H and O–H groups in total. The van der Waals surface area contributed by atoms with Crippen molar-refractivity contribution in [3.63, 3.8) is 0 Å². The fourth-order valence-electron chi connectivity index (χ4n) is 0.180. The van der Waals surface area contributed by atoms with E-state index in [0.29, 0.717) is 0 Å². The van der Waals surface area contributed by atoms with Crippen LogP contribution in [0.25, 0.3) is 0 Å². The average molecular weight is 173 g/mol. The molecule has 0 unspecified atom stereocenters. The molecule has 0 atom stereocenters. The molecule has 0 amide bonds. The van der Waals surface area contributed by atoms with E-state index in [1.165, 1.54) is 0 Å². The van der Waals surface area contributed by atoms with Gasteiger partial charge in [-0.15, -0.1) is 0 Å². The SMILES string of the molecule is N#[O+].N#[O+].[Cr+4].[c-]1[c-][c-][cH-][c-]1. The molecule has 0 spiro atoms. The van der Waals surface area contributed by atoms with Gasteiger partial charge < -0.3 is 30.3 Å². The van der Waals surface area contributed by atoms with E-state index in [0.717, 1.165) is 0 Å². The topological polar surface area (TPSA) is 87.4 Å². The van der Waals surface area contributed by atoms with Crippen LogP contribution in [0.3, 0.4) is 0 Å². The molecule has 0 aromatic heterocycles. The van der Waals surface area contributed by atoms with Crippen molar-refractivity contribution in [1.29, 1.82) is 10.9 Å². The van der Waals surface area contributed by atoms with Gasteiger partial charge in [0.1, 0.15) is 0 Å². The van der Waals surface area contributed by atoms with Crippen molar-refractivity contribution in [3.8, 4) is 0 Å². The molecule has 0 aliphatic carbocycles. The third-order valence-electron chi connectivity index (χ3n) is 0.351. The average Bonchev–Trinajstić information content (AvgIpc) is 2.51. The third-order valence-corrected chi connectivity index (χ3v) is 0.351. The molecule has 0 saturated heterocycles. The minimum atomic E-state index is 0. The molecular formula is C5HCrN2O2+. The van der Waals surface area contributed by atoms with Crippen molar-refractivity contribution in [2.75, 3.05) is 0 Å². The molecule has 1 aromatic rings. The maximum atomic E-state index is 7.25. The summed E-state index contributed by atoms with van der Waals surface area (Å²) in [6.07, 6.45) is 0. The first-order valence-electron chi connectivity index (χ1n) is 1.69. The molecule has 1 aromatic carbocycles. The van der Waals surface area contributed by atoms with Gasteiger partial charge in [-0.05, 0) is 0 Å². The summed E-state index contributed by atoms with van der Waals surface area (Å²) in [5.74, 6) is 0.